The second-order valence-corrected chi connectivity index (χ2v) is 12.0. The highest BCUT2D eigenvalue weighted by molar-refractivity contribution is 6.77. The molecule has 0 aliphatic rings. The number of hydrogen-bond acceptors (Lipinski definition) is 1. The Morgan fingerprint density at radius 3 is 1.96 bits per heavy atom. The molecule has 0 aliphatic heterocycles. The summed E-state index contributed by atoms with van der Waals surface area (Å²) < 4.78 is 0. The van der Waals surface area contributed by atoms with Gasteiger partial charge in [-0.25, -0.2) is 0 Å². The van der Waals surface area contributed by atoms with Gasteiger partial charge in [-0.05, 0) is 44.7 Å². The van der Waals surface area contributed by atoms with E-state index in [1.54, 1.807) is 0 Å². The predicted octanol–water partition coefficient (Wildman–Crippen LogP) is 7.40. The third-order valence-corrected chi connectivity index (χ3v) is 6.74. The Labute approximate surface area is 148 Å². The highest BCUT2D eigenvalue weighted by Gasteiger charge is 2.22. The van der Waals surface area contributed by atoms with Gasteiger partial charge in [0.1, 0.15) is 0 Å². The van der Waals surface area contributed by atoms with Gasteiger partial charge in [-0.2, -0.15) is 0 Å². The van der Waals surface area contributed by atoms with Crippen LogP contribution < -0.4 is 0 Å². The largest absolute Gasteiger partial charge is 0.428 e. The van der Waals surface area contributed by atoms with Crippen LogP contribution in [0.2, 0.25) is 13.1 Å². The molecular weight excluding hydrogens is 296 g/mol. The van der Waals surface area contributed by atoms with Crippen molar-refractivity contribution in [3.8, 4) is 0 Å². The van der Waals surface area contributed by atoms with E-state index in [0.717, 1.165) is 12.3 Å². The fourth-order valence-corrected chi connectivity index (χ4v) is 4.51. The molecule has 0 unspecified atom stereocenters. The molecule has 0 aromatic rings. The van der Waals surface area contributed by atoms with Crippen molar-refractivity contribution in [3.05, 3.63) is 11.3 Å². The Bertz CT molecular complexity index is 289. The summed E-state index contributed by atoms with van der Waals surface area (Å²) in [4.78, 5) is 10.5. The lowest BCUT2D eigenvalue weighted by atomic mass is 10.0. The topological polar surface area (TPSA) is 20.2 Å². The molecule has 0 fully saturated rings. The number of hydrogen-bond donors (Lipinski definition) is 1. The van der Waals surface area contributed by atoms with Gasteiger partial charge in [0.05, 0.1) is 0 Å². The minimum absolute atomic E-state index is 0.805. The first kappa shape index (κ1) is 22.9. The number of unbranched alkanes of at least 4 members (excludes halogenated alkanes) is 9. The smallest absolute Gasteiger partial charge is 0.209 e. The monoisotopic (exact) mass is 340 g/mol. The molecule has 0 atom stereocenters. The quantitative estimate of drug-likeness (QED) is 0.243. The fourth-order valence-electron chi connectivity index (χ4n) is 3.08. The molecule has 23 heavy (non-hydrogen) atoms. The van der Waals surface area contributed by atoms with E-state index in [9.17, 15) is 4.80 Å². The summed E-state index contributed by atoms with van der Waals surface area (Å²) in [6, 6.07) is 0. The minimum atomic E-state index is -2.09. The molecule has 1 nitrogen and oxygen atoms in total. The van der Waals surface area contributed by atoms with Crippen LogP contribution in [0.15, 0.2) is 11.3 Å². The fraction of sp³-hybridized carbons (Fsp3) is 0.905. The van der Waals surface area contributed by atoms with Gasteiger partial charge < -0.3 is 4.80 Å². The Kier molecular flexibility index (Phi) is 14.2. The van der Waals surface area contributed by atoms with Crippen LogP contribution in [0.25, 0.3) is 0 Å². The molecule has 0 aromatic heterocycles. The second kappa shape index (κ2) is 14.3. The Hall–Kier alpha value is -0.0831. The lowest BCUT2D eigenvalue weighted by molar-refractivity contribution is 0.529. The van der Waals surface area contributed by atoms with E-state index >= 15 is 0 Å². The third kappa shape index (κ3) is 15.2. The standard InChI is InChI=1S/C21H44OSi/c1-6-7-8-9-10-11-12-13-14-18-21(23(4,5)22)19-16-15-17-20(2)3/h18,20,22H,6-17,19H2,1-5H3/b21-18+. The van der Waals surface area contributed by atoms with Gasteiger partial charge in [-0.1, -0.05) is 89.8 Å². The van der Waals surface area contributed by atoms with Crippen molar-refractivity contribution in [1.29, 1.82) is 0 Å². The van der Waals surface area contributed by atoms with Crippen LogP contribution in [0.4, 0.5) is 0 Å². The molecule has 0 bridgehead atoms. The van der Waals surface area contributed by atoms with Gasteiger partial charge >= 0.3 is 0 Å². The summed E-state index contributed by atoms with van der Waals surface area (Å²) in [5, 5.41) is 1.39. The summed E-state index contributed by atoms with van der Waals surface area (Å²) in [7, 11) is -2.09. The molecule has 0 aromatic carbocycles. The van der Waals surface area contributed by atoms with Gasteiger partial charge in [0.25, 0.3) is 0 Å². The third-order valence-electron chi connectivity index (χ3n) is 4.71. The molecule has 0 rings (SSSR count). The van der Waals surface area contributed by atoms with E-state index < -0.39 is 8.32 Å². The summed E-state index contributed by atoms with van der Waals surface area (Å²) in [6.45, 7) is 11.0. The summed E-state index contributed by atoms with van der Waals surface area (Å²) in [5.41, 5.74) is 0. The average Bonchev–Trinajstić information content (AvgIpc) is 2.46. The second-order valence-electron chi connectivity index (χ2n) is 8.19. The van der Waals surface area contributed by atoms with E-state index in [0.29, 0.717) is 0 Å². The molecule has 0 saturated carbocycles. The molecular formula is C21H44OSi. The molecule has 1 N–H and O–H groups in total. The molecule has 0 aliphatic carbocycles. The maximum absolute atomic E-state index is 10.5. The molecule has 0 saturated heterocycles. The lowest BCUT2D eigenvalue weighted by Crippen LogP contribution is -2.28. The minimum Gasteiger partial charge on any atom is -0.428 e. The normalized spacial score (nSPS) is 13.1. The van der Waals surface area contributed by atoms with E-state index in [1.165, 1.54) is 82.2 Å². The zero-order valence-electron chi connectivity index (χ0n) is 16.8. The number of rotatable bonds is 15. The zero-order valence-corrected chi connectivity index (χ0v) is 17.8. The van der Waals surface area contributed by atoms with Crippen molar-refractivity contribution in [2.24, 2.45) is 5.92 Å². The van der Waals surface area contributed by atoms with Gasteiger partial charge in [0.2, 0.25) is 8.32 Å². The maximum Gasteiger partial charge on any atom is 0.209 e. The van der Waals surface area contributed by atoms with Gasteiger partial charge in [-0.15, -0.1) is 0 Å². The van der Waals surface area contributed by atoms with Crippen LogP contribution in [0, 0.1) is 5.92 Å². The van der Waals surface area contributed by atoms with Crippen LogP contribution in [0.1, 0.15) is 104 Å². The van der Waals surface area contributed by atoms with E-state index in [1.807, 2.05) is 0 Å². The maximum atomic E-state index is 10.5. The van der Waals surface area contributed by atoms with Crippen LogP contribution in [-0.2, 0) is 0 Å². The molecule has 138 valence electrons. The van der Waals surface area contributed by atoms with E-state index in [-0.39, 0.29) is 0 Å². The van der Waals surface area contributed by atoms with Crippen LogP contribution in [-0.4, -0.2) is 13.1 Å². The Morgan fingerprint density at radius 2 is 1.43 bits per heavy atom. The van der Waals surface area contributed by atoms with Gasteiger partial charge in [-0.3, -0.25) is 0 Å². The van der Waals surface area contributed by atoms with E-state index in [4.69, 9.17) is 0 Å². The van der Waals surface area contributed by atoms with Crippen LogP contribution >= 0.6 is 0 Å². The first-order chi connectivity index (χ1) is 10.9. The average molecular weight is 341 g/mol. The van der Waals surface area contributed by atoms with Crippen molar-refractivity contribution >= 4 is 8.32 Å². The molecule has 0 spiro atoms. The predicted molar refractivity (Wildman–Crippen MR) is 108 cm³/mol. The first-order valence-corrected chi connectivity index (χ1v) is 13.2. The summed E-state index contributed by atoms with van der Waals surface area (Å²) in [5.74, 6) is 0.805. The molecule has 2 heteroatoms. The van der Waals surface area contributed by atoms with Crippen molar-refractivity contribution in [2.75, 3.05) is 0 Å². The highest BCUT2D eigenvalue weighted by Crippen LogP contribution is 2.21. The van der Waals surface area contributed by atoms with Crippen LogP contribution in [0.5, 0.6) is 0 Å². The van der Waals surface area contributed by atoms with Crippen molar-refractivity contribution < 1.29 is 4.80 Å². The zero-order chi connectivity index (χ0) is 17.6. The molecule has 0 radical (unpaired) electrons. The Morgan fingerprint density at radius 1 is 0.870 bits per heavy atom. The lowest BCUT2D eigenvalue weighted by Gasteiger charge is -2.19. The summed E-state index contributed by atoms with van der Waals surface area (Å²) >= 11 is 0. The summed E-state index contributed by atoms with van der Waals surface area (Å²) in [6.07, 6.45) is 19.6. The number of allylic oxidation sites excluding steroid dienone is 2. The van der Waals surface area contributed by atoms with Crippen molar-refractivity contribution in [2.45, 2.75) is 117 Å². The highest BCUT2D eigenvalue weighted by atomic mass is 28.4. The Balaban J connectivity index is 3.87. The van der Waals surface area contributed by atoms with Gasteiger partial charge in [0.15, 0.2) is 0 Å². The molecule has 0 heterocycles. The first-order valence-electron chi connectivity index (χ1n) is 10.3. The van der Waals surface area contributed by atoms with Crippen molar-refractivity contribution in [1.82, 2.24) is 0 Å². The van der Waals surface area contributed by atoms with Gasteiger partial charge in [0, 0.05) is 0 Å². The van der Waals surface area contributed by atoms with E-state index in [2.05, 4.69) is 39.9 Å². The SMILES string of the molecule is CCCCCCCCCC/C=C(\CCCCC(C)C)[Si](C)(C)O. The van der Waals surface area contributed by atoms with Crippen LogP contribution in [0.3, 0.4) is 0 Å². The molecule has 0 amide bonds. The van der Waals surface area contributed by atoms with Crippen molar-refractivity contribution in [3.63, 3.8) is 0 Å².